The summed E-state index contributed by atoms with van der Waals surface area (Å²) in [4.78, 5) is 3.99. The molecule has 1 aliphatic carbocycles. The number of rotatable bonds is 3. The van der Waals surface area contributed by atoms with E-state index in [2.05, 4.69) is 132 Å². The monoisotopic (exact) mass is 615 g/mol. The maximum Gasteiger partial charge on any atom is 0.0476 e. The van der Waals surface area contributed by atoms with E-state index < -0.39 is 0 Å². The molecule has 44 heavy (non-hydrogen) atoms. The van der Waals surface area contributed by atoms with Gasteiger partial charge in [-0.15, -0.1) is 34.0 Å². The highest BCUT2D eigenvalue weighted by molar-refractivity contribution is 7.26. The van der Waals surface area contributed by atoms with E-state index in [1.165, 1.54) is 89.1 Å². The topological polar surface area (TPSA) is 3.24 Å². The van der Waals surface area contributed by atoms with Gasteiger partial charge in [0.15, 0.2) is 0 Å². The van der Waals surface area contributed by atoms with Crippen LogP contribution in [-0.2, 0) is 12.8 Å². The fourth-order valence-electron chi connectivity index (χ4n) is 7.14. The van der Waals surface area contributed by atoms with Gasteiger partial charge in [0, 0.05) is 77.9 Å². The van der Waals surface area contributed by atoms with Gasteiger partial charge in [0.25, 0.3) is 0 Å². The van der Waals surface area contributed by atoms with Gasteiger partial charge in [-0.3, -0.25) is 0 Å². The van der Waals surface area contributed by atoms with Gasteiger partial charge in [0.2, 0.25) is 0 Å². The van der Waals surface area contributed by atoms with Crippen LogP contribution in [0.25, 0.3) is 61.6 Å². The van der Waals surface area contributed by atoms with Crippen LogP contribution in [0.2, 0.25) is 0 Å². The van der Waals surface area contributed by atoms with E-state index in [4.69, 9.17) is 0 Å². The lowest BCUT2D eigenvalue weighted by Gasteiger charge is -2.28. The minimum absolute atomic E-state index is 1.07. The zero-order valence-electron chi connectivity index (χ0n) is 23.7. The molecule has 9 aromatic rings. The van der Waals surface area contributed by atoms with Crippen molar-refractivity contribution in [2.75, 3.05) is 4.90 Å². The largest absolute Gasteiger partial charge is 0.310 e. The van der Waals surface area contributed by atoms with Gasteiger partial charge in [0.1, 0.15) is 0 Å². The third kappa shape index (κ3) is 3.69. The molecule has 0 unspecified atom stereocenters. The van der Waals surface area contributed by atoms with Crippen LogP contribution in [0.4, 0.5) is 17.1 Å². The standard InChI is InChI=1S/C40H25NS3/c1-4-10-34-29(7-1)31-18-15-26(22-38(31)43-34)41(27-16-19-32-30-8-2-5-11-35(30)44-39(32)23-27)25-14-17-28-24(21-25)13-20-37-40(28)33-9-3-6-12-36(33)42-37/h1-12,14-19,21-23H,13,20H2. The number of fused-ring (bicyclic) bond motifs is 11. The van der Waals surface area contributed by atoms with Crippen LogP contribution in [0.3, 0.4) is 0 Å². The van der Waals surface area contributed by atoms with Crippen LogP contribution in [0.5, 0.6) is 0 Å². The Hall–Kier alpha value is -4.48. The number of nitrogens with zero attached hydrogens (tertiary/aromatic N) is 1. The molecule has 1 aliphatic rings. The molecule has 1 nitrogen and oxygen atoms in total. The average molecular weight is 616 g/mol. The molecule has 0 saturated heterocycles. The van der Waals surface area contributed by atoms with Gasteiger partial charge in [-0.1, -0.05) is 72.8 Å². The van der Waals surface area contributed by atoms with Crippen molar-refractivity contribution in [3.05, 3.63) is 138 Å². The van der Waals surface area contributed by atoms with E-state index in [0.717, 1.165) is 12.8 Å². The second-order valence-corrected chi connectivity index (χ2v) is 14.9. The van der Waals surface area contributed by atoms with E-state index in [1.54, 1.807) is 0 Å². The Bertz CT molecular complexity index is 2470. The number of anilines is 3. The second kappa shape index (κ2) is 9.51. The summed E-state index contributed by atoms with van der Waals surface area (Å²) < 4.78 is 6.72. The Balaban J connectivity index is 1.18. The molecule has 0 amide bonds. The van der Waals surface area contributed by atoms with Crippen molar-refractivity contribution in [2.24, 2.45) is 0 Å². The zero-order valence-corrected chi connectivity index (χ0v) is 26.2. The summed E-state index contributed by atoms with van der Waals surface area (Å²) >= 11 is 5.73. The van der Waals surface area contributed by atoms with E-state index in [1.807, 2.05) is 34.0 Å². The number of benzene rings is 6. The first-order chi connectivity index (χ1) is 21.8. The summed E-state index contributed by atoms with van der Waals surface area (Å²) in [5, 5.41) is 6.73. The third-order valence-electron chi connectivity index (χ3n) is 9.15. The number of aryl methyl sites for hydroxylation is 2. The number of hydrogen-bond donors (Lipinski definition) is 0. The molecule has 6 aromatic carbocycles. The van der Waals surface area contributed by atoms with Crippen molar-refractivity contribution in [3.63, 3.8) is 0 Å². The third-order valence-corrected chi connectivity index (χ3v) is 12.6. The molecule has 0 N–H and O–H groups in total. The molecule has 10 rings (SSSR count). The van der Waals surface area contributed by atoms with Gasteiger partial charge in [-0.05, 0) is 78.6 Å². The van der Waals surface area contributed by atoms with E-state index in [-0.39, 0.29) is 0 Å². The predicted octanol–water partition coefficient (Wildman–Crippen LogP) is 12.9. The summed E-state index contributed by atoms with van der Waals surface area (Å²) in [6.45, 7) is 0. The first-order valence-corrected chi connectivity index (χ1v) is 17.5. The van der Waals surface area contributed by atoms with Crippen molar-refractivity contribution < 1.29 is 0 Å². The Kier molecular flexibility index (Phi) is 5.38. The van der Waals surface area contributed by atoms with Gasteiger partial charge in [-0.2, -0.15) is 0 Å². The van der Waals surface area contributed by atoms with Crippen LogP contribution in [0, 0.1) is 0 Å². The lowest BCUT2D eigenvalue weighted by Crippen LogP contribution is -2.11. The highest BCUT2D eigenvalue weighted by Gasteiger charge is 2.23. The lowest BCUT2D eigenvalue weighted by atomic mass is 9.88. The van der Waals surface area contributed by atoms with Crippen LogP contribution >= 0.6 is 34.0 Å². The lowest BCUT2D eigenvalue weighted by molar-refractivity contribution is 0.964. The molecule has 3 aromatic heterocycles. The van der Waals surface area contributed by atoms with Gasteiger partial charge in [0.05, 0.1) is 0 Å². The maximum atomic E-state index is 2.47. The fraction of sp³-hybridized carbons (Fsp3) is 0.0500. The van der Waals surface area contributed by atoms with Crippen LogP contribution in [0.1, 0.15) is 10.4 Å². The summed E-state index contributed by atoms with van der Waals surface area (Å²) in [5.74, 6) is 0. The van der Waals surface area contributed by atoms with Crippen molar-refractivity contribution in [1.29, 1.82) is 0 Å². The highest BCUT2D eigenvalue weighted by Crippen LogP contribution is 2.47. The molecule has 0 atom stereocenters. The van der Waals surface area contributed by atoms with Crippen molar-refractivity contribution in [2.45, 2.75) is 12.8 Å². The van der Waals surface area contributed by atoms with Crippen molar-refractivity contribution >= 4 is 102 Å². The number of hydrogen-bond acceptors (Lipinski definition) is 4. The Labute approximate surface area is 266 Å². The molecular formula is C40H25NS3. The normalized spacial score (nSPS) is 12.8. The minimum atomic E-state index is 1.07. The molecule has 0 spiro atoms. The summed E-state index contributed by atoms with van der Waals surface area (Å²) in [6.07, 6.45) is 2.17. The Morgan fingerprint density at radius 1 is 0.409 bits per heavy atom. The van der Waals surface area contributed by atoms with Gasteiger partial charge < -0.3 is 4.90 Å². The zero-order chi connectivity index (χ0) is 28.8. The van der Waals surface area contributed by atoms with Crippen molar-refractivity contribution in [3.8, 4) is 11.1 Å². The molecular weight excluding hydrogens is 591 g/mol. The number of thiophene rings is 3. The van der Waals surface area contributed by atoms with E-state index in [9.17, 15) is 0 Å². The molecule has 0 saturated carbocycles. The van der Waals surface area contributed by atoms with Gasteiger partial charge in [-0.25, -0.2) is 0 Å². The highest BCUT2D eigenvalue weighted by atomic mass is 32.1. The van der Waals surface area contributed by atoms with Crippen LogP contribution < -0.4 is 4.90 Å². The summed E-state index contributed by atoms with van der Waals surface area (Å²) in [5.41, 5.74) is 7.89. The van der Waals surface area contributed by atoms with Crippen molar-refractivity contribution in [1.82, 2.24) is 0 Å². The first kappa shape index (κ1) is 24.9. The van der Waals surface area contributed by atoms with Gasteiger partial charge >= 0.3 is 0 Å². The Morgan fingerprint density at radius 2 is 0.909 bits per heavy atom. The minimum Gasteiger partial charge on any atom is -0.310 e. The molecule has 0 aliphatic heterocycles. The van der Waals surface area contributed by atoms with Crippen LogP contribution in [0.15, 0.2) is 127 Å². The van der Waals surface area contributed by atoms with E-state index >= 15 is 0 Å². The summed E-state index contributed by atoms with van der Waals surface area (Å²) in [6, 6.07) is 47.6. The summed E-state index contributed by atoms with van der Waals surface area (Å²) in [7, 11) is 0. The molecule has 0 fully saturated rings. The molecule has 4 heteroatoms. The maximum absolute atomic E-state index is 2.47. The predicted molar refractivity (Wildman–Crippen MR) is 195 cm³/mol. The Morgan fingerprint density at radius 3 is 1.55 bits per heavy atom. The molecule has 3 heterocycles. The van der Waals surface area contributed by atoms with Crippen LogP contribution in [-0.4, -0.2) is 0 Å². The van der Waals surface area contributed by atoms with E-state index in [0.29, 0.717) is 0 Å². The quantitative estimate of drug-likeness (QED) is 0.191. The molecule has 208 valence electrons. The second-order valence-electron chi connectivity index (χ2n) is 11.6. The first-order valence-electron chi connectivity index (χ1n) is 15.0. The molecule has 0 bridgehead atoms. The molecule has 0 radical (unpaired) electrons. The smallest absolute Gasteiger partial charge is 0.0476 e. The average Bonchev–Trinajstić information content (AvgIpc) is 3.75. The fourth-order valence-corrected chi connectivity index (χ4v) is 10.6. The SMILES string of the molecule is c1ccc2c3c(sc2c1)CCc1cc(N(c2ccc4c(c2)sc2ccccc24)c2ccc4c(c2)sc2ccccc24)ccc1-3.